The summed E-state index contributed by atoms with van der Waals surface area (Å²) in [6.45, 7) is 3.47. The van der Waals surface area contributed by atoms with Crippen LogP contribution in [0.3, 0.4) is 0 Å². The number of ether oxygens (including phenoxy) is 1. The predicted octanol–water partition coefficient (Wildman–Crippen LogP) is 3.36. The number of nitrogens with zero attached hydrogens (tertiary/aromatic N) is 2. The number of hydrogen-bond acceptors (Lipinski definition) is 6. The van der Waals surface area contributed by atoms with Crippen molar-refractivity contribution in [2.24, 2.45) is 0 Å². The molecule has 0 atom stereocenters. The maximum Gasteiger partial charge on any atom is 0.339 e. The van der Waals surface area contributed by atoms with Crippen molar-refractivity contribution in [3.05, 3.63) is 52.7 Å². The molecule has 0 aliphatic carbocycles. The highest BCUT2D eigenvalue weighted by Gasteiger charge is 2.19. The number of benzene rings is 1. The first-order chi connectivity index (χ1) is 12.1. The van der Waals surface area contributed by atoms with Crippen molar-refractivity contribution in [2.75, 3.05) is 11.9 Å². The summed E-state index contributed by atoms with van der Waals surface area (Å²) in [6.07, 6.45) is 2.30. The number of para-hydroxylation sites is 1. The molecular weight excluding hydrogens is 338 g/mol. The van der Waals surface area contributed by atoms with Crippen LogP contribution in [0.2, 0.25) is 0 Å². The minimum absolute atomic E-state index is 0.365. The third kappa shape index (κ3) is 3.66. The average Bonchev–Trinajstić information content (AvgIpc) is 3.12. The molecule has 0 saturated carbocycles. The van der Waals surface area contributed by atoms with Gasteiger partial charge < -0.3 is 4.74 Å². The number of esters is 1. The number of anilines is 1. The third-order valence-electron chi connectivity index (χ3n) is 3.79. The molecule has 0 aliphatic heterocycles. The van der Waals surface area contributed by atoms with E-state index in [2.05, 4.69) is 15.3 Å². The lowest BCUT2D eigenvalue weighted by Gasteiger charge is -2.13. The minimum Gasteiger partial charge on any atom is -0.452 e. The van der Waals surface area contributed by atoms with Crippen molar-refractivity contribution in [2.45, 2.75) is 20.3 Å². The zero-order valence-corrected chi connectivity index (χ0v) is 14.7. The molecule has 1 aromatic carbocycles. The second-order valence-electron chi connectivity index (χ2n) is 5.39. The van der Waals surface area contributed by atoms with Crippen LogP contribution in [0, 0.1) is 6.92 Å². The number of carbonyl (C=O) groups excluding carboxylic acids is 2. The van der Waals surface area contributed by atoms with E-state index in [0.717, 1.165) is 22.2 Å². The van der Waals surface area contributed by atoms with E-state index in [1.807, 2.05) is 38.1 Å². The monoisotopic (exact) mass is 355 g/mol. The zero-order valence-electron chi connectivity index (χ0n) is 13.9. The van der Waals surface area contributed by atoms with Crippen LogP contribution in [0.15, 0.2) is 35.8 Å². The Labute approximate surface area is 148 Å². The topological polar surface area (TPSA) is 81.2 Å². The standard InChI is InChI=1S/C18H17N3O3S/c1-3-13-11(2)16(12-6-4-5-7-14(12)20-13)17(23)24-10-15(22)21-18-19-8-9-25-18/h4-9H,3,10H2,1-2H3,(H,19,21,22). The minimum atomic E-state index is -0.528. The van der Waals surface area contributed by atoms with Gasteiger partial charge >= 0.3 is 5.97 Å². The van der Waals surface area contributed by atoms with Gasteiger partial charge in [-0.25, -0.2) is 9.78 Å². The van der Waals surface area contributed by atoms with E-state index in [-0.39, 0.29) is 6.61 Å². The average molecular weight is 355 g/mol. The van der Waals surface area contributed by atoms with Crippen LogP contribution in [0.4, 0.5) is 5.13 Å². The van der Waals surface area contributed by atoms with Gasteiger partial charge in [-0.05, 0) is 25.0 Å². The number of pyridine rings is 1. The van der Waals surface area contributed by atoms with E-state index < -0.39 is 11.9 Å². The fourth-order valence-electron chi connectivity index (χ4n) is 2.61. The number of carbonyl (C=O) groups is 2. The van der Waals surface area contributed by atoms with Crippen LogP contribution in [-0.4, -0.2) is 28.5 Å². The molecule has 6 nitrogen and oxygen atoms in total. The largest absolute Gasteiger partial charge is 0.452 e. The molecule has 3 rings (SSSR count). The number of rotatable bonds is 5. The van der Waals surface area contributed by atoms with Gasteiger partial charge in [0.25, 0.3) is 5.91 Å². The normalized spacial score (nSPS) is 10.6. The smallest absolute Gasteiger partial charge is 0.339 e. The summed E-state index contributed by atoms with van der Waals surface area (Å²) < 4.78 is 5.23. The van der Waals surface area contributed by atoms with Gasteiger partial charge in [-0.2, -0.15) is 0 Å². The number of nitrogens with one attached hydrogen (secondary N) is 1. The van der Waals surface area contributed by atoms with Crippen LogP contribution in [0.25, 0.3) is 10.9 Å². The third-order valence-corrected chi connectivity index (χ3v) is 4.48. The second kappa shape index (κ2) is 7.40. The van der Waals surface area contributed by atoms with Gasteiger partial charge in [0, 0.05) is 22.7 Å². The van der Waals surface area contributed by atoms with Crippen molar-refractivity contribution in [1.82, 2.24) is 9.97 Å². The molecule has 0 fully saturated rings. The Balaban J connectivity index is 1.81. The van der Waals surface area contributed by atoms with Crippen LogP contribution in [-0.2, 0) is 16.0 Å². The lowest BCUT2D eigenvalue weighted by Crippen LogP contribution is -2.21. The van der Waals surface area contributed by atoms with E-state index in [0.29, 0.717) is 17.1 Å². The first kappa shape index (κ1) is 17.0. The van der Waals surface area contributed by atoms with Crippen molar-refractivity contribution >= 4 is 39.2 Å². The molecule has 0 unspecified atom stereocenters. The molecule has 0 saturated heterocycles. The lowest BCUT2D eigenvalue weighted by atomic mass is 10.0. The van der Waals surface area contributed by atoms with Gasteiger partial charge in [-0.1, -0.05) is 25.1 Å². The predicted molar refractivity (Wildman–Crippen MR) is 96.9 cm³/mol. The van der Waals surface area contributed by atoms with Crippen molar-refractivity contribution in [3.63, 3.8) is 0 Å². The fourth-order valence-corrected chi connectivity index (χ4v) is 3.15. The quantitative estimate of drug-likeness (QED) is 0.710. The summed E-state index contributed by atoms with van der Waals surface area (Å²) in [5, 5.41) is 5.53. The van der Waals surface area contributed by atoms with E-state index in [1.54, 1.807) is 11.6 Å². The molecule has 2 aromatic heterocycles. The van der Waals surface area contributed by atoms with Gasteiger partial charge in [0.15, 0.2) is 11.7 Å². The molecular formula is C18H17N3O3S. The molecule has 0 spiro atoms. The fraction of sp³-hybridized carbons (Fsp3) is 0.222. The van der Waals surface area contributed by atoms with Crippen LogP contribution in [0.1, 0.15) is 28.5 Å². The van der Waals surface area contributed by atoms with Gasteiger partial charge in [0.2, 0.25) is 0 Å². The Morgan fingerprint density at radius 1 is 1.28 bits per heavy atom. The van der Waals surface area contributed by atoms with Crippen LogP contribution < -0.4 is 5.32 Å². The molecule has 1 N–H and O–H groups in total. The summed E-state index contributed by atoms with van der Waals surface area (Å²) >= 11 is 1.30. The molecule has 7 heteroatoms. The number of amides is 1. The van der Waals surface area contributed by atoms with E-state index >= 15 is 0 Å². The SMILES string of the molecule is CCc1nc2ccccc2c(C(=O)OCC(=O)Nc2nccs2)c1C. The Morgan fingerprint density at radius 3 is 2.80 bits per heavy atom. The Hall–Kier alpha value is -2.80. The molecule has 1 amide bonds. The number of fused-ring (bicyclic) bond motifs is 1. The molecule has 0 bridgehead atoms. The maximum absolute atomic E-state index is 12.6. The van der Waals surface area contributed by atoms with E-state index in [4.69, 9.17) is 4.74 Å². The van der Waals surface area contributed by atoms with E-state index in [1.165, 1.54) is 11.3 Å². The highest BCUT2D eigenvalue weighted by Crippen LogP contribution is 2.24. The molecule has 128 valence electrons. The first-order valence-corrected chi connectivity index (χ1v) is 8.72. The highest BCUT2D eigenvalue weighted by molar-refractivity contribution is 7.13. The number of aromatic nitrogens is 2. The molecule has 2 heterocycles. The summed E-state index contributed by atoms with van der Waals surface area (Å²) in [5.74, 6) is -0.949. The Morgan fingerprint density at radius 2 is 2.08 bits per heavy atom. The molecule has 0 aliphatic rings. The molecule has 25 heavy (non-hydrogen) atoms. The second-order valence-corrected chi connectivity index (χ2v) is 6.29. The molecule has 3 aromatic rings. The maximum atomic E-state index is 12.6. The number of aryl methyl sites for hydroxylation is 1. The summed E-state index contributed by atoms with van der Waals surface area (Å²) in [7, 11) is 0. The van der Waals surface area contributed by atoms with Gasteiger partial charge in [0.1, 0.15) is 0 Å². The Kier molecular flexibility index (Phi) is 5.04. The zero-order chi connectivity index (χ0) is 17.8. The van der Waals surface area contributed by atoms with Gasteiger partial charge in [-0.15, -0.1) is 11.3 Å². The van der Waals surface area contributed by atoms with Crippen molar-refractivity contribution in [3.8, 4) is 0 Å². The van der Waals surface area contributed by atoms with Gasteiger partial charge in [0.05, 0.1) is 11.1 Å². The van der Waals surface area contributed by atoms with Crippen molar-refractivity contribution < 1.29 is 14.3 Å². The first-order valence-electron chi connectivity index (χ1n) is 7.84. The van der Waals surface area contributed by atoms with Crippen LogP contribution in [0.5, 0.6) is 0 Å². The van der Waals surface area contributed by atoms with E-state index in [9.17, 15) is 9.59 Å². The highest BCUT2D eigenvalue weighted by atomic mass is 32.1. The summed E-state index contributed by atoms with van der Waals surface area (Å²) in [4.78, 5) is 33.0. The number of hydrogen-bond donors (Lipinski definition) is 1. The summed E-state index contributed by atoms with van der Waals surface area (Å²) in [6, 6.07) is 7.42. The van der Waals surface area contributed by atoms with Crippen molar-refractivity contribution in [1.29, 1.82) is 0 Å². The molecule has 0 radical (unpaired) electrons. The lowest BCUT2D eigenvalue weighted by molar-refractivity contribution is -0.119. The number of thiazole rings is 1. The Bertz CT molecular complexity index is 923. The summed E-state index contributed by atoms with van der Waals surface area (Å²) in [5.41, 5.74) is 2.83. The van der Waals surface area contributed by atoms with Crippen LogP contribution >= 0.6 is 11.3 Å². The van der Waals surface area contributed by atoms with Gasteiger partial charge in [-0.3, -0.25) is 15.1 Å².